The molecule has 0 spiro atoms. The van der Waals surface area contributed by atoms with E-state index >= 15 is 0 Å². The summed E-state index contributed by atoms with van der Waals surface area (Å²) in [4.78, 5) is 44.8. The summed E-state index contributed by atoms with van der Waals surface area (Å²) in [5.41, 5.74) is 1.72. The van der Waals surface area contributed by atoms with Crippen LogP contribution in [0.25, 0.3) is 10.9 Å². The third-order valence-corrected chi connectivity index (χ3v) is 4.21. The maximum Gasteiger partial charge on any atom is 0.258 e. The molecule has 1 aromatic heterocycles. The summed E-state index contributed by atoms with van der Waals surface area (Å²) in [5, 5.41) is 3.18. The molecular formula is C21H20N4O3. The fraction of sp³-hybridized carbons (Fsp3) is 0.143. The molecule has 0 unspecified atom stereocenters. The van der Waals surface area contributed by atoms with Crippen molar-refractivity contribution in [1.82, 2.24) is 14.9 Å². The second kappa shape index (κ2) is 8.30. The number of para-hydroxylation sites is 1. The Morgan fingerprint density at radius 2 is 2.00 bits per heavy atom. The molecule has 7 nitrogen and oxygen atoms in total. The summed E-state index contributed by atoms with van der Waals surface area (Å²) < 4.78 is 0. The number of rotatable bonds is 6. The van der Waals surface area contributed by atoms with Crippen LogP contribution in [0.1, 0.15) is 11.4 Å². The van der Waals surface area contributed by atoms with Gasteiger partial charge in [0.05, 0.1) is 23.9 Å². The molecule has 0 atom stereocenters. The van der Waals surface area contributed by atoms with E-state index in [2.05, 4.69) is 21.9 Å². The van der Waals surface area contributed by atoms with Gasteiger partial charge in [0.25, 0.3) is 5.56 Å². The molecule has 0 bridgehead atoms. The van der Waals surface area contributed by atoms with E-state index in [-0.39, 0.29) is 30.3 Å². The molecule has 0 aliphatic rings. The maximum atomic E-state index is 12.6. The first-order valence-electron chi connectivity index (χ1n) is 8.70. The highest BCUT2D eigenvalue weighted by atomic mass is 16.2. The molecule has 142 valence electrons. The van der Waals surface area contributed by atoms with Crippen molar-refractivity contribution in [3.8, 4) is 0 Å². The van der Waals surface area contributed by atoms with Gasteiger partial charge in [0, 0.05) is 12.7 Å². The van der Waals surface area contributed by atoms with Crippen molar-refractivity contribution >= 4 is 28.4 Å². The molecule has 0 saturated heterocycles. The fourth-order valence-corrected chi connectivity index (χ4v) is 2.78. The van der Waals surface area contributed by atoms with Crippen LogP contribution in [0.4, 0.5) is 5.69 Å². The SMILES string of the molecule is C=CC(=O)Nc1cccc(CC(=O)N(C)Cc2nc3ccccc3c(=O)[nH]2)c1. The summed E-state index contributed by atoms with van der Waals surface area (Å²) in [6, 6.07) is 14.1. The average Bonchev–Trinajstić information content (AvgIpc) is 2.68. The fourth-order valence-electron chi connectivity index (χ4n) is 2.78. The molecule has 1 heterocycles. The van der Waals surface area contributed by atoms with Gasteiger partial charge in [-0.15, -0.1) is 0 Å². The van der Waals surface area contributed by atoms with E-state index in [0.717, 1.165) is 5.56 Å². The van der Waals surface area contributed by atoms with Crippen LogP contribution < -0.4 is 10.9 Å². The van der Waals surface area contributed by atoms with E-state index in [1.165, 1.54) is 11.0 Å². The van der Waals surface area contributed by atoms with Crippen LogP contribution in [0.2, 0.25) is 0 Å². The molecular weight excluding hydrogens is 356 g/mol. The average molecular weight is 376 g/mol. The van der Waals surface area contributed by atoms with Gasteiger partial charge in [-0.2, -0.15) is 0 Å². The number of anilines is 1. The summed E-state index contributed by atoms with van der Waals surface area (Å²) in [7, 11) is 1.65. The normalized spacial score (nSPS) is 10.5. The number of carbonyl (C=O) groups is 2. The van der Waals surface area contributed by atoms with Crippen molar-refractivity contribution in [2.45, 2.75) is 13.0 Å². The molecule has 2 amide bonds. The first kappa shape index (κ1) is 19.0. The lowest BCUT2D eigenvalue weighted by Gasteiger charge is -2.17. The van der Waals surface area contributed by atoms with Gasteiger partial charge in [0.1, 0.15) is 5.82 Å². The molecule has 0 saturated carbocycles. The van der Waals surface area contributed by atoms with Crippen molar-refractivity contribution in [3.63, 3.8) is 0 Å². The van der Waals surface area contributed by atoms with Gasteiger partial charge >= 0.3 is 0 Å². The molecule has 7 heteroatoms. The van der Waals surface area contributed by atoms with Crippen LogP contribution in [-0.4, -0.2) is 33.7 Å². The molecule has 3 rings (SSSR count). The van der Waals surface area contributed by atoms with Crippen molar-refractivity contribution in [3.05, 3.63) is 82.9 Å². The zero-order valence-electron chi connectivity index (χ0n) is 15.4. The number of benzene rings is 2. The van der Waals surface area contributed by atoms with E-state index in [0.29, 0.717) is 22.4 Å². The Morgan fingerprint density at radius 3 is 2.79 bits per heavy atom. The Balaban J connectivity index is 1.70. The minimum atomic E-state index is -0.313. The largest absolute Gasteiger partial charge is 0.338 e. The van der Waals surface area contributed by atoms with Crippen LogP contribution in [0, 0.1) is 0 Å². The highest BCUT2D eigenvalue weighted by Crippen LogP contribution is 2.13. The lowest BCUT2D eigenvalue weighted by atomic mass is 10.1. The number of H-pyrrole nitrogens is 1. The van der Waals surface area contributed by atoms with Crippen molar-refractivity contribution < 1.29 is 9.59 Å². The van der Waals surface area contributed by atoms with Gasteiger partial charge in [0.2, 0.25) is 11.8 Å². The number of aromatic amines is 1. The number of amides is 2. The predicted octanol–water partition coefficient (Wildman–Crippen LogP) is 2.25. The summed E-state index contributed by atoms with van der Waals surface area (Å²) in [6.45, 7) is 3.60. The second-order valence-electron chi connectivity index (χ2n) is 6.35. The maximum absolute atomic E-state index is 12.6. The molecule has 0 fully saturated rings. The first-order chi connectivity index (χ1) is 13.5. The zero-order valence-corrected chi connectivity index (χ0v) is 15.4. The number of likely N-dealkylation sites (N-methyl/N-ethyl adjacent to an activating group) is 1. The Labute approximate surface area is 161 Å². The second-order valence-corrected chi connectivity index (χ2v) is 6.35. The van der Waals surface area contributed by atoms with Gasteiger partial charge in [-0.1, -0.05) is 30.8 Å². The Morgan fingerprint density at radius 1 is 1.21 bits per heavy atom. The molecule has 0 aliphatic heterocycles. The number of aromatic nitrogens is 2. The number of nitrogens with zero attached hydrogens (tertiary/aromatic N) is 2. The lowest BCUT2D eigenvalue weighted by molar-refractivity contribution is -0.129. The number of carbonyl (C=O) groups excluding carboxylic acids is 2. The Bertz CT molecular complexity index is 1100. The highest BCUT2D eigenvalue weighted by Gasteiger charge is 2.13. The van der Waals surface area contributed by atoms with Crippen LogP contribution in [-0.2, 0) is 22.6 Å². The standard InChI is InChI=1S/C21H20N4O3/c1-3-19(26)22-15-8-6-7-14(11-15)12-20(27)25(2)13-18-23-17-10-5-4-9-16(17)21(28)24-18/h3-11H,1,12-13H2,2H3,(H,22,26)(H,23,24,28). The minimum Gasteiger partial charge on any atom is -0.338 e. The predicted molar refractivity (Wildman–Crippen MR) is 108 cm³/mol. The zero-order chi connectivity index (χ0) is 20.1. The minimum absolute atomic E-state index is 0.136. The monoisotopic (exact) mass is 376 g/mol. The van der Waals surface area contributed by atoms with Crippen molar-refractivity contribution in [1.29, 1.82) is 0 Å². The van der Waals surface area contributed by atoms with E-state index < -0.39 is 0 Å². The van der Waals surface area contributed by atoms with Crippen LogP contribution in [0.15, 0.2) is 66.0 Å². The molecule has 2 aromatic carbocycles. The lowest BCUT2D eigenvalue weighted by Crippen LogP contribution is -2.29. The third-order valence-electron chi connectivity index (χ3n) is 4.21. The number of hydrogen-bond donors (Lipinski definition) is 2. The van der Waals surface area contributed by atoms with Gasteiger partial charge in [-0.25, -0.2) is 4.98 Å². The van der Waals surface area contributed by atoms with Crippen molar-refractivity contribution in [2.24, 2.45) is 0 Å². The van der Waals surface area contributed by atoms with E-state index in [1.54, 1.807) is 43.4 Å². The van der Waals surface area contributed by atoms with Crippen LogP contribution in [0.3, 0.4) is 0 Å². The smallest absolute Gasteiger partial charge is 0.258 e. The van der Waals surface area contributed by atoms with Crippen molar-refractivity contribution in [2.75, 3.05) is 12.4 Å². The van der Waals surface area contributed by atoms with Gasteiger partial charge in [-0.05, 0) is 35.9 Å². The molecule has 0 aliphatic carbocycles. The number of hydrogen-bond acceptors (Lipinski definition) is 4. The van der Waals surface area contributed by atoms with E-state index in [9.17, 15) is 14.4 Å². The Kier molecular flexibility index (Phi) is 5.64. The highest BCUT2D eigenvalue weighted by molar-refractivity contribution is 5.98. The van der Waals surface area contributed by atoms with Gasteiger partial charge in [0.15, 0.2) is 0 Å². The first-order valence-corrected chi connectivity index (χ1v) is 8.70. The summed E-state index contributed by atoms with van der Waals surface area (Å²) >= 11 is 0. The molecule has 2 N–H and O–H groups in total. The quantitative estimate of drug-likeness (QED) is 0.645. The molecule has 28 heavy (non-hydrogen) atoms. The number of nitrogens with one attached hydrogen (secondary N) is 2. The summed E-state index contributed by atoms with van der Waals surface area (Å²) in [6.07, 6.45) is 1.34. The summed E-state index contributed by atoms with van der Waals surface area (Å²) in [5.74, 6) is -0.0264. The van der Waals surface area contributed by atoms with E-state index in [4.69, 9.17) is 0 Å². The number of fused-ring (bicyclic) bond motifs is 1. The molecule has 0 radical (unpaired) electrons. The van der Waals surface area contributed by atoms with Gasteiger partial charge in [-0.3, -0.25) is 14.4 Å². The van der Waals surface area contributed by atoms with Crippen LogP contribution >= 0.6 is 0 Å². The topological polar surface area (TPSA) is 95.2 Å². The molecule has 3 aromatic rings. The Hall–Kier alpha value is -3.74. The van der Waals surface area contributed by atoms with Crippen LogP contribution in [0.5, 0.6) is 0 Å². The third kappa shape index (κ3) is 4.50. The van der Waals surface area contributed by atoms with Gasteiger partial charge < -0.3 is 15.2 Å². The van der Waals surface area contributed by atoms with E-state index in [1.807, 2.05) is 12.1 Å².